The van der Waals surface area contributed by atoms with Gasteiger partial charge in [-0.2, -0.15) is 0 Å². The fourth-order valence-electron chi connectivity index (χ4n) is 1.94. The standard InChI is InChI=1S/C12H23N3O3/c1-2-5-14-11(16)9-18-10-4-3-6-15(8-10)12(17)7-13/h10H,2-9,13H2,1H3,(H,14,16). The second kappa shape index (κ2) is 8.05. The highest BCUT2D eigenvalue weighted by Crippen LogP contribution is 2.12. The van der Waals surface area contributed by atoms with Gasteiger partial charge in [0.2, 0.25) is 11.8 Å². The number of hydrogen-bond acceptors (Lipinski definition) is 4. The SMILES string of the molecule is CCCNC(=O)COC1CCCN(C(=O)CN)C1. The van der Waals surface area contributed by atoms with E-state index < -0.39 is 0 Å². The van der Waals surface area contributed by atoms with Crippen LogP contribution in [0.4, 0.5) is 0 Å². The van der Waals surface area contributed by atoms with E-state index in [1.54, 1.807) is 4.90 Å². The molecule has 1 aliphatic rings. The summed E-state index contributed by atoms with van der Waals surface area (Å²) in [4.78, 5) is 24.5. The summed E-state index contributed by atoms with van der Waals surface area (Å²) in [5, 5.41) is 2.75. The molecule has 1 saturated heterocycles. The zero-order valence-electron chi connectivity index (χ0n) is 11.0. The van der Waals surface area contributed by atoms with E-state index in [2.05, 4.69) is 5.32 Å². The fraction of sp³-hybridized carbons (Fsp3) is 0.833. The molecule has 18 heavy (non-hydrogen) atoms. The molecule has 1 aliphatic heterocycles. The maximum absolute atomic E-state index is 11.5. The van der Waals surface area contributed by atoms with Crippen molar-refractivity contribution in [3.05, 3.63) is 0 Å². The molecule has 2 amide bonds. The first-order chi connectivity index (χ1) is 8.67. The molecule has 1 atom stereocenters. The Morgan fingerprint density at radius 3 is 2.94 bits per heavy atom. The van der Waals surface area contributed by atoms with Crippen LogP contribution in [0, 0.1) is 0 Å². The molecule has 0 aromatic rings. The molecule has 0 aliphatic carbocycles. The normalized spacial score (nSPS) is 19.7. The quantitative estimate of drug-likeness (QED) is 0.670. The highest BCUT2D eigenvalue weighted by Gasteiger charge is 2.23. The third-order valence-electron chi connectivity index (χ3n) is 2.93. The molecule has 1 rings (SSSR count). The van der Waals surface area contributed by atoms with Gasteiger partial charge in [-0.1, -0.05) is 6.92 Å². The zero-order valence-corrected chi connectivity index (χ0v) is 11.0. The third kappa shape index (κ3) is 5.01. The molecule has 6 nitrogen and oxygen atoms in total. The number of nitrogens with two attached hydrogens (primary N) is 1. The van der Waals surface area contributed by atoms with E-state index in [9.17, 15) is 9.59 Å². The smallest absolute Gasteiger partial charge is 0.246 e. The topological polar surface area (TPSA) is 84.7 Å². The molecule has 0 aromatic carbocycles. The fourth-order valence-corrected chi connectivity index (χ4v) is 1.94. The van der Waals surface area contributed by atoms with Crippen LogP contribution in [0.1, 0.15) is 26.2 Å². The largest absolute Gasteiger partial charge is 0.367 e. The van der Waals surface area contributed by atoms with Crippen molar-refractivity contribution in [2.45, 2.75) is 32.3 Å². The first kappa shape index (κ1) is 14.9. The molecule has 104 valence electrons. The van der Waals surface area contributed by atoms with E-state index in [0.717, 1.165) is 25.8 Å². The minimum Gasteiger partial charge on any atom is -0.367 e. The first-order valence-corrected chi connectivity index (χ1v) is 6.53. The van der Waals surface area contributed by atoms with Gasteiger partial charge in [-0.3, -0.25) is 9.59 Å². The Labute approximate surface area is 108 Å². The summed E-state index contributed by atoms with van der Waals surface area (Å²) < 4.78 is 5.52. The lowest BCUT2D eigenvalue weighted by Crippen LogP contribution is -2.46. The average Bonchev–Trinajstić information content (AvgIpc) is 2.42. The predicted molar refractivity (Wildman–Crippen MR) is 67.9 cm³/mol. The van der Waals surface area contributed by atoms with Gasteiger partial charge in [-0.25, -0.2) is 0 Å². The van der Waals surface area contributed by atoms with Crippen LogP contribution < -0.4 is 11.1 Å². The number of nitrogens with one attached hydrogen (secondary N) is 1. The lowest BCUT2D eigenvalue weighted by atomic mass is 10.1. The number of carbonyl (C=O) groups excluding carboxylic acids is 2. The van der Waals surface area contributed by atoms with E-state index in [-0.39, 0.29) is 31.1 Å². The molecule has 0 saturated carbocycles. The molecule has 1 unspecified atom stereocenters. The summed E-state index contributed by atoms with van der Waals surface area (Å²) in [5.74, 6) is -0.155. The third-order valence-corrected chi connectivity index (χ3v) is 2.93. The Balaban J connectivity index is 2.25. The Morgan fingerprint density at radius 2 is 2.28 bits per heavy atom. The van der Waals surface area contributed by atoms with Crippen LogP contribution in [-0.4, -0.2) is 55.6 Å². The van der Waals surface area contributed by atoms with E-state index in [1.807, 2.05) is 6.92 Å². The summed E-state index contributed by atoms with van der Waals surface area (Å²) in [6.45, 7) is 4.04. The van der Waals surface area contributed by atoms with Gasteiger partial charge in [0.15, 0.2) is 0 Å². The summed E-state index contributed by atoms with van der Waals surface area (Å²) in [5.41, 5.74) is 5.33. The Morgan fingerprint density at radius 1 is 1.50 bits per heavy atom. The summed E-state index contributed by atoms with van der Waals surface area (Å²) in [6, 6.07) is 0. The van der Waals surface area contributed by atoms with Gasteiger partial charge in [-0.05, 0) is 19.3 Å². The molecule has 1 fully saturated rings. The monoisotopic (exact) mass is 257 g/mol. The van der Waals surface area contributed by atoms with Crippen molar-refractivity contribution in [3.8, 4) is 0 Å². The Bertz CT molecular complexity index is 284. The Kier molecular flexibility index (Phi) is 6.67. The van der Waals surface area contributed by atoms with Crippen LogP contribution in [0.25, 0.3) is 0 Å². The van der Waals surface area contributed by atoms with E-state index >= 15 is 0 Å². The van der Waals surface area contributed by atoms with Gasteiger partial charge < -0.3 is 20.7 Å². The van der Waals surface area contributed by atoms with Crippen LogP contribution in [0.15, 0.2) is 0 Å². The van der Waals surface area contributed by atoms with Gasteiger partial charge in [0.25, 0.3) is 0 Å². The van der Waals surface area contributed by atoms with Gasteiger partial charge in [0.1, 0.15) is 6.61 Å². The highest BCUT2D eigenvalue weighted by molar-refractivity contribution is 5.78. The number of ether oxygens (including phenoxy) is 1. The molecule has 1 heterocycles. The second-order valence-electron chi connectivity index (χ2n) is 4.47. The number of rotatable bonds is 6. The van der Waals surface area contributed by atoms with E-state index in [1.165, 1.54) is 0 Å². The number of piperidine rings is 1. The maximum Gasteiger partial charge on any atom is 0.246 e. The molecular formula is C12H23N3O3. The van der Waals surface area contributed by atoms with Gasteiger partial charge in [0.05, 0.1) is 12.6 Å². The second-order valence-corrected chi connectivity index (χ2v) is 4.47. The van der Waals surface area contributed by atoms with E-state index in [4.69, 9.17) is 10.5 Å². The first-order valence-electron chi connectivity index (χ1n) is 6.53. The number of carbonyl (C=O) groups is 2. The number of likely N-dealkylation sites (tertiary alicyclic amines) is 1. The van der Waals surface area contributed by atoms with Crippen LogP contribution in [0.5, 0.6) is 0 Å². The van der Waals surface area contributed by atoms with E-state index in [0.29, 0.717) is 13.1 Å². The van der Waals surface area contributed by atoms with Gasteiger partial charge in [0, 0.05) is 19.6 Å². The molecular weight excluding hydrogens is 234 g/mol. The van der Waals surface area contributed by atoms with Crippen molar-refractivity contribution in [3.63, 3.8) is 0 Å². The number of nitrogens with zero attached hydrogens (tertiary/aromatic N) is 1. The van der Waals surface area contributed by atoms with Crippen LogP contribution in [-0.2, 0) is 14.3 Å². The molecule has 3 N–H and O–H groups in total. The molecule has 0 radical (unpaired) electrons. The minimum absolute atomic E-state index is 0.0315. The van der Waals surface area contributed by atoms with Crippen LogP contribution in [0.3, 0.4) is 0 Å². The minimum atomic E-state index is -0.0980. The highest BCUT2D eigenvalue weighted by atomic mass is 16.5. The molecule has 0 bridgehead atoms. The van der Waals surface area contributed by atoms with Crippen molar-refractivity contribution in [2.24, 2.45) is 5.73 Å². The summed E-state index contributed by atoms with van der Waals surface area (Å²) in [7, 11) is 0. The number of hydrogen-bond donors (Lipinski definition) is 2. The van der Waals surface area contributed by atoms with Crippen LogP contribution >= 0.6 is 0 Å². The number of amides is 2. The lowest BCUT2D eigenvalue weighted by Gasteiger charge is -2.32. The summed E-state index contributed by atoms with van der Waals surface area (Å²) in [6.07, 6.45) is 2.64. The Hall–Kier alpha value is -1.14. The lowest BCUT2D eigenvalue weighted by molar-refractivity contribution is -0.136. The van der Waals surface area contributed by atoms with Crippen molar-refractivity contribution in [1.29, 1.82) is 0 Å². The van der Waals surface area contributed by atoms with Gasteiger partial charge in [-0.15, -0.1) is 0 Å². The van der Waals surface area contributed by atoms with Crippen molar-refractivity contribution >= 4 is 11.8 Å². The average molecular weight is 257 g/mol. The maximum atomic E-state index is 11.5. The molecule has 6 heteroatoms. The predicted octanol–water partition coefficient (Wildman–Crippen LogP) is -0.521. The molecule has 0 spiro atoms. The van der Waals surface area contributed by atoms with Crippen LogP contribution in [0.2, 0.25) is 0 Å². The summed E-state index contributed by atoms with van der Waals surface area (Å²) >= 11 is 0. The van der Waals surface area contributed by atoms with Crippen molar-refractivity contribution < 1.29 is 14.3 Å². The van der Waals surface area contributed by atoms with Crippen molar-refractivity contribution in [1.82, 2.24) is 10.2 Å². The zero-order chi connectivity index (χ0) is 13.4. The molecule has 0 aromatic heterocycles. The van der Waals surface area contributed by atoms with Gasteiger partial charge >= 0.3 is 0 Å². The van der Waals surface area contributed by atoms with Crippen molar-refractivity contribution in [2.75, 3.05) is 32.8 Å².